The van der Waals surface area contributed by atoms with Crippen LogP contribution in [0.4, 0.5) is 0 Å². The molecule has 23 heavy (non-hydrogen) atoms. The Morgan fingerprint density at radius 1 is 1.43 bits per heavy atom. The second-order valence-corrected chi connectivity index (χ2v) is 6.25. The number of aryl methyl sites for hydroxylation is 1. The fourth-order valence-corrected chi connectivity index (χ4v) is 2.64. The summed E-state index contributed by atoms with van der Waals surface area (Å²) in [6.45, 7) is 5.75. The number of aliphatic hydroxyl groups is 1. The van der Waals surface area contributed by atoms with Gasteiger partial charge >= 0.3 is 0 Å². The standard InChI is InChI=1S/C18H29NO4/c1-15-5-3-6-17(11-15)23-10-8-19(2)12-16(20)13-21-14-18-7-4-9-22-18/h3,5-6,11,16,18,20H,4,7-10,12-14H2,1-2H3. The summed E-state index contributed by atoms with van der Waals surface area (Å²) in [5.41, 5.74) is 1.19. The molecular formula is C18H29NO4. The summed E-state index contributed by atoms with van der Waals surface area (Å²) in [5.74, 6) is 0.888. The molecule has 0 aliphatic carbocycles. The van der Waals surface area contributed by atoms with Crippen LogP contribution in [-0.4, -0.2) is 68.8 Å². The van der Waals surface area contributed by atoms with Crippen molar-refractivity contribution < 1.29 is 19.3 Å². The zero-order valence-corrected chi connectivity index (χ0v) is 14.2. The van der Waals surface area contributed by atoms with E-state index < -0.39 is 6.10 Å². The average molecular weight is 323 g/mol. The van der Waals surface area contributed by atoms with Crippen LogP contribution in [0.3, 0.4) is 0 Å². The van der Waals surface area contributed by atoms with Crippen LogP contribution in [0.2, 0.25) is 0 Å². The lowest BCUT2D eigenvalue weighted by atomic mass is 10.2. The molecule has 1 heterocycles. The molecule has 2 atom stereocenters. The fourth-order valence-electron chi connectivity index (χ4n) is 2.64. The minimum atomic E-state index is -0.486. The Morgan fingerprint density at radius 2 is 2.30 bits per heavy atom. The van der Waals surface area contributed by atoms with Crippen molar-refractivity contribution in [2.45, 2.75) is 32.0 Å². The van der Waals surface area contributed by atoms with E-state index in [0.717, 1.165) is 31.7 Å². The van der Waals surface area contributed by atoms with E-state index in [4.69, 9.17) is 14.2 Å². The largest absolute Gasteiger partial charge is 0.492 e. The first-order valence-electron chi connectivity index (χ1n) is 8.39. The highest BCUT2D eigenvalue weighted by molar-refractivity contribution is 5.27. The van der Waals surface area contributed by atoms with Crippen molar-refractivity contribution in [1.29, 1.82) is 0 Å². The van der Waals surface area contributed by atoms with Gasteiger partial charge in [-0.2, -0.15) is 0 Å². The monoisotopic (exact) mass is 323 g/mol. The maximum Gasteiger partial charge on any atom is 0.119 e. The van der Waals surface area contributed by atoms with Crippen LogP contribution in [0, 0.1) is 6.92 Å². The van der Waals surface area contributed by atoms with Gasteiger partial charge in [-0.15, -0.1) is 0 Å². The van der Waals surface area contributed by atoms with E-state index in [1.54, 1.807) is 0 Å². The number of nitrogens with zero attached hydrogens (tertiary/aromatic N) is 1. The zero-order valence-electron chi connectivity index (χ0n) is 14.2. The van der Waals surface area contributed by atoms with Crippen molar-refractivity contribution in [1.82, 2.24) is 4.90 Å². The number of benzene rings is 1. The van der Waals surface area contributed by atoms with Gasteiger partial charge in [0.25, 0.3) is 0 Å². The molecule has 1 N–H and O–H groups in total. The Kier molecular flexibility index (Phi) is 7.82. The topological polar surface area (TPSA) is 51.2 Å². The predicted octanol–water partition coefficient (Wildman–Crippen LogP) is 1.86. The van der Waals surface area contributed by atoms with E-state index in [9.17, 15) is 5.11 Å². The van der Waals surface area contributed by atoms with Crippen LogP contribution in [0.5, 0.6) is 5.75 Å². The SMILES string of the molecule is Cc1cccc(OCCN(C)CC(O)COCC2CCCO2)c1. The molecule has 1 saturated heterocycles. The van der Waals surface area contributed by atoms with Gasteiger partial charge in [-0.05, 0) is 44.5 Å². The van der Waals surface area contributed by atoms with Crippen molar-refractivity contribution in [2.75, 3.05) is 46.6 Å². The van der Waals surface area contributed by atoms with E-state index in [-0.39, 0.29) is 6.10 Å². The molecular weight excluding hydrogens is 294 g/mol. The lowest BCUT2D eigenvalue weighted by Crippen LogP contribution is -2.35. The van der Waals surface area contributed by atoms with Crippen molar-refractivity contribution in [3.63, 3.8) is 0 Å². The number of ether oxygens (including phenoxy) is 3. The van der Waals surface area contributed by atoms with Crippen molar-refractivity contribution >= 4 is 0 Å². The van der Waals surface area contributed by atoms with E-state index in [1.165, 1.54) is 5.56 Å². The van der Waals surface area contributed by atoms with Crippen molar-refractivity contribution in [3.05, 3.63) is 29.8 Å². The Balaban J connectivity index is 1.53. The van der Waals surface area contributed by atoms with Gasteiger partial charge in [0.1, 0.15) is 12.4 Å². The highest BCUT2D eigenvalue weighted by Gasteiger charge is 2.16. The zero-order chi connectivity index (χ0) is 16.5. The van der Waals surface area contributed by atoms with Gasteiger partial charge in [0.05, 0.1) is 25.4 Å². The number of hydrogen-bond donors (Lipinski definition) is 1. The summed E-state index contributed by atoms with van der Waals surface area (Å²) in [6.07, 6.45) is 1.90. The molecule has 1 fully saturated rings. The number of hydrogen-bond acceptors (Lipinski definition) is 5. The number of rotatable bonds is 10. The first kappa shape index (κ1) is 18.2. The van der Waals surface area contributed by atoms with Gasteiger partial charge in [-0.1, -0.05) is 12.1 Å². The van der Waals surface area contributed by atoms with Crippen LogP contribution in [0.1, 0.15) is 18.4 Å². The summed E-state index contributed by atoms with van der Waals surface area (Å²) < 4.78 is 16.7. The van der Waals surface area contributed by atoms with Gasteiger partial charge < -0.3 is 24.2 Å². The normalized spacial score (nSPS) is 19.2. The van der Waals surface area contributed by atoms with Gasteiger partial charge in [-0.25, -0.2) is 0 Å². The van der Waals surface area contributed by atoms with E-state index in [2.05, 4.69) is 4.90 Å². The third kappa shape index (κ3) is 7.31. The van der Waals surface area contributed by atoms with Crippen molar-refractivity contribution in [3.8, 4) is 5.75 Å². The highest BCUT2D eigenvalue weighted by atomic mass is 16.5. The minimum absolute atomic E-state index is 0.211. The Hall–Kier alpha value is -1.14. The van der Waals surface area contributed by atoms with Gasteiger partial charge in [0.15, 0.2) is 0 Å². The molecule has 1 aromatic carbocycles. The average Bonchev–Trinajstić information content (AvgIpc) is 3.00. The molecule has 5 nitrogen and oxygen atoms in total. The molecule has 2 rings (SSSR count). The van der Waals surface area contributed by atoms with Gasteiger partial charge in [0, 0.05) is 19.7 Å². The molecule has 0 radical (unpaired) electrons. The van der Waals surface area contributed by atoms with Crippen LogP contribution >= 0.6 is 0 Å². The van der Waals surface area contributed by atoms with E-state index >= 15 is 0 Å². The predicted molar refractivity (Wildman–Crippen MR) is 90.0 cm³/mol. The molecule has 130 valence electrons. The lowest BCUT2D eigenvalue weighted by Gasteiger charge is -2.21. The quantitative estimate of drug-likeness (QED) is 0.712. The highest BCUT2D eigenvalue weighted by Crippen LogP contribution is 2.13. The van der Waals surface area contributed by atoms with Crippen molar-refractivity contribution in [2.24, 2.45) is 0 Å². The van der Waals surface area contributed by atoms with Gasteiger partial charge in [0.2, 0.25) is 0 Å². The van der Waals surface area contributed by atoms with Crippen LogP contribution in [-0.2, 0) is 9.47 Å². The second-order valence-electron chi connectivity index (χ2n) is 6.25. The molecule has 0 amide bonds. The molecule has 5 heteroatoms. The molecule has 0 bridgehead atoms. The first-order valence-corrected chi connectivity index (χ1v) is 8.39. The third-order valence-corrected chi connectivity index (χ3v) is 3.89. The molecule has 0 spiro atoms. The summed E-state index contributed by atoms with van der Waals surface area (Å²) >= 11 is 0. The molecule has 1 aliphatic rings. The van der Waals surface area contributed by atoms with Gasteiger partial charge in [-0.3, -0.25) is 0 Å². The lowest BCUT2D eigenvalue weighted by molar-refractivity contribution is -0.0239. The van der Waals surface area contributed by atoms with Crippen LogP contribution in [0.15, 0.2) is 24.3 Å². The summed E-state index contributed by atoms with van der Waals surface area (Å²) in [4.78, 5) is 2.05. The Morgan fingerprint density at radius 3 is 3.04 bits per heavy atom. The maximum absolute atomic E-state index is 10.00. The maximum atomic E-state index is 10.00. The minimum Gasteiger partial charge on any atom is -0.492 e. The van der Waals surface area contributed by atoms with E-state index in [1.807, 2.05) is 38.2 Å². The second kappa shape index (κ2) is 9.88. The summed E-state index contributed by atoms with van der Waals surface area (Å²) in [6, 6.07) is 8.02. The van der Waals surface area contributed by atoms with E-state index in [0.29, 0.717) is 26.4 Å². The fraction of sp³-hybridized carbons (Fsp3) is 0.667. The Bertz CT molecular complexity index is 448. The molecule has 1 aliphatic heterocycles. The molecule has 0 aromatic heterocycles. The molecule has 2 unspecified atom stereocenters. The molecule has 0 saturated carbocycles. The van der Waals surface area contributed by atoms with Crippen LogP contribution in [0.25, 0.3) is 0 Å². The summed E-state index contributed by atoms with van der Waals surface area (Å²) in [7, 11) is 1.98. The first-order chi connectivity index (χ1) is 11.1. The number of aliphatic hydroxyl groups excluding tert-OH is 1. The third-order valence-electron chi connectivity index (χ3n) is 3.89. The Labute approximate surface area is 139 Å². The number of likely N-dealkylation sites (N-methyl/N-ethyl adjacent to an activating group) is 1. The van der Waals surface area contributed by atoms with Crippen LogP contribution < -0.4 is 4.74 Å². The smallest absolute Gasteiger partial charge is 0.119 e. The molecule has 1 aromatic rings. The summed E-state index contributed by atoms with van der Waals surface area (Å²) in [5, 5.41) is 10.00.